The second-order valence-corrected chi connectivity index (χ2v) is 4.90. The summed E-state index contributed by atoms with van der Waals surface area (Å²) < 4.78 is 7.77. The minimum Gasteiger partial charge on any atom is -0.377 e. The second kappa shape index (κ2) is 6.31. The van der Waals surface area contributed by atoms with Crippen LogP contribution in [0.25, 0.3) is 0 Å². The molecular formula is C13H24N4O. The molecule has 2 N–H and O–H groups in total. The normalized spacial score (nSPS) is 21.7. The van der Waals surface area contributed by atoms with Gasteiger partial charge in [0, 0.05) is 32.9 Å². The van der Waals surface area contributed by atoms with Gasteiger partial charge < -0.3 is 15.0 Å². The van der Waals surface area contributed by atoms with E-state index in [0.29, 0.717) is 12.6 Å². The van der Waals surface area contributed by atoms with Crippen molar-refractivity contribution in [1.82, 2.24) is 14.5 Å². The highest BCUT2D eigenvalue weighted by Crippen LogP contribution is 2.22. The van der Waals surface area contributed by atoms with Gasteiger partial charge in [0.1, 0.15) is 0 Å². The maximum Gasteiger partial charge on any atom is 0.0946 e. The minimum atomic E-state index is 0.228. The van der Waals surface area contributed by atoms with E-state index in [-0.39, 0.29) is 6.04 Å². The Morgan fingerprint density at radius 2 is 2.50 bits per heavy atom. The Kier molecular flexibility index (Phi) is 4.74. The van der Waals surface area contributed by atoms with Crippen LogP contribution in [0.2, 0.25) is 0 Å². The van der Waals surface area contributed by atoms with E-state index < -0.39 is 0 Å². The molecule has 0 aromatic carbocycles. The Hall–Kier alpha value is -0.910. The monoisotopic (exact) mass is 252 g/mol. The molecule has 2 unspecified atom stereocenters. The molecule has 1 fully saturated rings. The summed E-state index contributed by atoms with van der Waals surface area (Å²) in [5.74, 6) is 0. The zero-order valence-electron chi connectivity index (χ0n) is 11.4. The molecule has 2 rings (SSSR count). The first-order valence-electron chi connectivity index (χ1n) is 6.78. The van der Waals surface area contributed by atoms with Crippen LogP contribution in [0.3, 0.4) is 0 Å². The molecule has 2 heterocycles. The number of aromatic nitrogens is 2. The fourth-order valence-electron chi connectivity index (χ4n) is 2.67. The van der Waals surface area contributed by atoms with Gasteiger partial charge in [0.15, 0.2) is 0 Å². The molecule has 1 saturated heterocycles. The molecular weight excluding hydrogens is 228 g/mol. The molecule has 0 spiro atoms. The third kappa shape index (κ3) is 2.91. The van der Waals surface area contributed by atoms with E-state index >= 15 is 0 Å². The zero-order chi connectivity index (χ0) is 13.0. The lowest BCUT2D eigenvalue weighted by atomic mass is 10.1. The molecule has 1 aromatic rings. The molecule has 0 bridgehead atoms. The van der Waals surface area contributed by atoms with Crippen LogP contribution < -0.4 is 5.73 Å². The van der Waals surface area contributed by atoms with Gasteiger partial charge in [-0.3, -0.25) is 4.90 Å². The van der Waals surface area contributed by atoms with Crippen LogP contribution in [0.15, 0.2) is 12.5 Å². The van der Waals surface area contributed by atoms with Crippen molar-refractivity contribution < 1.29 is 4.74 Å². The summed E-state index contributed by atoms with van der Waals surface area (Å²) in [4.78, 5) is 6.58. The lowest BCUT2D eigenvalue weighted by Crippen LogP contribution is -2.39. The number of rotatable bonds is 6. The molecule has 0 aliphatic carbocycles. The van der Waals surface area contributed by atoms with E-state index in [0.717, 1.165) is 19.7 Å². The van der Waals surface area contributed by atoms with E-state index in [9.17, 15) is 0 Å². The molecule has 5 nitrogen and oxygen atoms in total. The Balaban J connectivity index is 2.06. The number of hydrogen-bond donors (Lipinski definition) is 1. The van der Waals surface area contributed by atoms with Crippen LogP contribution in [0, 0.1) is 0 Å². The smallest absolute Gasteiger partial charge is 0.0946 e. The lowest BCUT2D eigenvalue weighted by molar-refractivity contribution is 0.0589. The average Bonchev–Trinajstić information content (AvgIpc) is 3.01. The van der Waals surface area contributed by atoms with Crippen LogP contribution in [0.1, 0.15) is 31.5 Å². The highest BCUT2D eigenvalue weighted by molar-refractivity contribution is 5.06. The van der Waals surface area contributed by atoms with Crippen LogP contribution in [0.4, 0.5) is 0 Å². The summed E-state index contributed by atoms with van der Waals surface area (Å²) in [6.45, 7) is 5.63. The fraction of sp³-hybridized carbons (Fsp3) is 0.769. The van der Waals surface area contributed by atoms with Crippen molar-refractivity contribution in [3.63, 3.8) is 0 Å². The average molecular weight is 252 g/mol. The van der Waals surface area contributed by atoms with Crippen LogP contribution in [-0.4, -0.2) is 46.8 Å². The summed E-state index contributed by atoms with van der Waals surface area (Å²) in [6, 6.07) is 0.228. The third-order valence-corrected chi connectivity index (χ3v) is 3.73. The van der Waals surface area contributed by atoms with Gasteiger partial charge in [-0.15, -0.1) is 0 Å². The van der Waals surface area contributed by atoms with Crippen molar-refractivity contribution in [2.45, 2.75) is 31.9 Å². The van der Waals surface area contributed by atoms with Crippen LogP contribution in [-0.2, 0) is 11.8 Å². The first kappa shape index (κ1) is 13.5. The van der Waals surface area contributed by atoms with Gasteiger partial charge in [-0.1, -0.05) is 6.92 Å². The number of imidazole rings is 1. The first-order chi connectivity index (χ1) is 8.76. The summed E-state index contributed by atoms with van der Waals surface area (Å²) >= 11 is 0. The van der Waals surface area contributed by atoms with Gasteiger partial charge in [0.05, 0.1) is 24.2 Å². The molecule has 1 aliphatic rings. The standard InChI is InChI=1S/C13H24N4O/c1-3-17(9-11-5-4-6-18-11)12(7-14)13-8-15-10-16(13)2/h8,10-12H,3-7,9,14H2,1-2H3. The van der Waals surface area contributed by atoms with Crippen LogP contribution >= 0.6 is 0 Å². The number of hydrogen-bond acceptors (Lipinski definition) is 4. The zero-order valence-corrected chi connectivity index (χ0v) is 11.4. The molecule has 18 heavy (non-hydrogen) atoms. The Morgan fingerprint density at radius 1 is 1.67 bits per heavy atom. The predicted octanol–water partition coefficient (Wildman–Crippen LogP) is 0.921. The molecule has 2 atom stereocenters. The number of aryl methyl sites for hydroxylation is 1. The second-order valence-electron chi connectivity index (χ2n) is 4.90. The van der Waals surface area contributed by atoms with Gasteiger partial charge in [-0.25, -0.2) is 4.98 Å². The highest BCUT2D eigenvalue weighted by atomic mass is 16.5. The SMILES string of the molecule is CCN(CC1CCCO1)C(CN)c1cncn1C. The summed E-state index contributed by atoms with van der Waals surface area (Å²) in [5, 5.41) is 0. The van der Waals surface area contributed by atoms with Crippen molar-refractivity contribution >= 4 is 0 Å². The molecule has 0 saturated carbocycles. The van der Waals surface area contributed by atoms with Gasteiger partial charge in [0.2, 0.25) is 0 Å². The number of ether oxygens (including phenoxy) is 1. The van der Waals surface area contributed by atoms with Gasteiger partial charge in [0.25, 0.3) is 0 Å². The van der Waals surface area contributed by atoms with Gasteiger partial charge in [-0.2, -0.15) is 0 Å². The quantitative estimate of drug-likeness (QED) is 0.818. The topological polar surface area (TPSA) is 56.3 Å². The van der Waals surface area contributed by atoms with Crippen LogP contribution in [0.5, 0.6) is 0 Å². The minimum absolute atomic E-state index is 0.228. The van der Waals surface area contributed by atoms with Crippen molar-refractivity contribution in [2.75, 3.05) is 26.2 Å². The molecule has 0 radical (unpaired) electrons. The summed E-state index contributed by atoms with van der Waals surface area (Å²) in [7, 11) is 2.02. The lowest BCUT2D eigenvalue weighted by Gasteiger charge is -2.31. The first-order valence-corrected chi connectivity index (χ1v) is 6.78. The summed E-state index contributed by atoms with van der Waals surface area (Å²) in [5.41, 5.74) is 7.14. The summed E-state index contributed by atoms with van der Waals surface area (Å²) in [6.07, 6.45) is 6.46. The van der Waals surface area contributed by atoms with Gasteiger partial charge in [-0.05, 0) is 19.4 Å². The largest absolute Gasteiger partial charge is 0.377 e. The highest BCUT2D eigenvalue weighted by Gasteiger charge is 2.25. The molecule has 102 valence electrons. The molecule has 1 aliphatic heterocycles. The number of nitrogens with zero attached hydrogens (tertiary/aromatic N) is 3. The van der Waals surface area contributed by atoms with E-state index in [2.05, 4.69) is 21.4 Å². The Morgan fingerprint density at radius 3 is 3.00 bits per heavy atom. The maximum atomic E-state index is 5.96. The van der Waals surface area contributed by atoms with Crippen molar-refractivity contribution in [2.24, 2.45) is 12.8 Å². The van der Waals surface area contributed by atoms with E-state index in [1.807, 2.05) is 19.6 Å². The predicted molar refractivity (Wildman–Crippen MR) is 71.2 cm³/mol. The Labute approximate surface area is 109 Å². The number of nitrogens with two attached hydrogens (primary N) is 1. The van der Waals surface area contributed by atoms with Gasteiger partial charge >= 0.3 is 0 Å². The Bertz CT molecular complexity index is 360. The van der Waals surface area contributed by atoms with E-state index in [1.165, 1.54) is 18.5 Å². The fourth-order valence-corrected chi connectivity index (χ4v) is 2.67. The molecule has 1 aromatic heterocycles. The van der Waals surface area contributed by atoms with Crippen molar-refractivity contribution in [3.05, 3.63) is 18.2 Å². The van der Waals surface area contributed by atoms with Crippen molar-refractivity contribution in [1.29, 1.82) is 0 Å². The number of likely N-dealkylation sites (N-methyl/N-ethyl adjacent to an activating group) is 1. The van der Waals surface area contributed by atoms with E-state index in [4.69, 9.17) is 10.5 Å². The maximum absolute atomic E-state index is 5.96. The third-order valence-electron chi connectivity index (χ3n) is 3.73. The van der Waals surface area contributed by atoms with Crippen molar-refractivity contribution in [3.8, 4) is 0 Å². The molecule has 5 heteroatoms. The van der Waals surface area contributed by atoms with E-state index in [1.54, 1.807) is 0 Å². The molecule has 0 amide bonds.